The first-order valence-corrected chi connectivity index (χ1v) is 8.73. The number of aromatic nitrogens is 2. The molecule has 1 aromatic heterocycles. The van der Waals surface area contributed by atoms with Crippen LogP contribution < -0.4 is 9.04 Å². The van der Waals surface area contributed by atoms with Crippen LogP contribution in [0.25, 0.3) is 0 Å². The van der Waals surface area contributed by atoms with Crippen LogP contribution in [0.3, 0.4) is 0 Å². The van der Waals surface area contributed by atoms with E-state index in [1.54, 1.807) is 20.2 Å². The molecule has 0 fully saturated rings. The largest absolute Gasteiger partial charge is 0.480 e. The lowest BCUT2D eigenvalue weighted by atomic mass is 10.3. The first-order valence-electron chi connectivity index (χ1n) is 6.91. The Morgan fingerprint density at radius 2 is 2.17 bits per heavy atom. The summed E-state index contributed by atoms with van der Waals surface area (Å²) >= 11 is 6.00. The van der Waals surface area contributed by atoms with Crippen LogP contribution in [0, 0.1) is 0 Å². The Kier molecular flexibility index (Phi) is 5.35. The molecule has 1 heterocycles. The van der Waals surface area contributed by atoms with Gasteiger partial charge in [0.15, 0.2) is 6.61 Å². The number of halogens is 1. The van der Waals surface area contributed by atoms with Crippen molar-refractivity contribution in [2.75, 3.05) is 17.5 Å². The summed E-state index contributed by atoms with van der Waals surface area (Å²) in [4.78, 5) is 10.5. The number of hydrogen-bond donors (Lipinski definition) is 1. The number of nitrogens with zero attached hydrogens (tertiary/aromatic N) is 3. The van der Waals surface area contributed by atoms with Crippen molar-refractivity contribution < 1.29 is 23.1 Å². The van der Waals surface area contributed by atoms with Crippen molar-refractivity contribution in [3.63, 3.8) is 0 Å². The number of benzene rings is 1. The molecular weight excluding hydrogens is 358 g/mol. The normalized spacial score (nSPS) is 11.3. The van der Waals surface area contributed by atoms with Crippen molar-refractivity contribution in [3.8, 4) is 5.75 Å². The van der Waals surface area contributed by atoms with Crippen LogP contribution in [0.15, 0.2) is 35.5 Å². The van der Waals surface area contributed by atoms with Crippen molar-refractivity contribution in [1.82, 2.24) is 9.78 Å². The van der Waals surface area contributed by atoms with Crippen LogP contribution in [-0.4, -0.2) is 42.4 Å². The molecule has 130 valence electrons. The van der Waals surface area contributed by atoms with E-state index in [2.05, 4.69) is 5.10 Å². The fourth-order valence-electron chi connectivity index (χ4n) is 2.05. The minimum atomic E-state index is -3.84. The highest BCUT2D eigenvalue weighted by molar-refractivity contribution is 7.92. The highest BCUT2D eigenvalue weighted by Gasteiger charge is 2.25. The summed E-state index contributed by atoms with van der Waals surface area (Å²) in [5, 5.41) is 12.6. The molecule has 0 saturated heterocycles. The first-order chi connectivity index (χ1) is 11.3. The van der Waals surface area contributed by atoms with Gasteiger partial charge in [-0.1, -0.05) is 11.6 Å². The highest BCUT2D eigenvalue weighted by atomic mass is 35.5. The van der Waals surface area contributed by atoms with Crippen LogP contribution in [0.5, 0.6) is 5.75 Å². The van der Waals surface area contributed by atoms with E-state index in [1.807, 2.05) is 0 Å². The van der Waals surface area contributed by atoms with Crippen LogP contribution in [0.2, 0.25) is 5.02 Å². The average Bonchev–Trinajstić information content (AvgIpc) is 2.92. The minimum Gasteiger partial charge on any atom is -0.480 e. The molecule has 0 atom stereocenters. The number of hydrogen-bond acceptors (Lipinski definition) is 5. The van der Waals surface area contributed by atoms with Gasteiger partial charge in [-0.05, 0) is 25.1 Å². The lowest BCUT2D eigenvalue weighted by Gasteiger charge is -2.21. The average molecular weight is 374 g/mol. The SMILES string of the molecule is CCN(c1cnn(C)c1)S(=O)(=O)c1ccc(OCC(=O)O)c(Cl)c1. The molecule has 0 radical (unpaired) electrons. The zero-order valence-electron chi connectivity index (χ0n) is 13.0. The van der Waals surface area contributed by atoms with Gasteiger partial charge in [-0.2, -0.15) is 5.10 Å². The number of sulfonamides is 1. The van der Waals surface area contributed by atoms with Crippen molar-refractivity contribution in [2.24, 2.45) is 7.05 Å². The van der Waals surface area contributed by atoms with E-state index in [1.165, 1.54) is 33.4 Å². The molecule has 8 nitrogen and oxygen atoms in total. The van der Waals surface area contributed by atoms with Gasteiger partial charge < -0.3 is 9.84 Å². The van der Waals surface area contributed by atoms with E-state index in [0.29, 0.717) is 5.69 Å². The summed E-state index contributed by atoms with van der Waals surface area (Å²) in [5.41, 5.74) is 0.433. The second-order valence-corrected chi connectivity index (χ2v) is 7.09. The molecule has 2 rings (SSSR count). The number of ether oxygens (including phenoxy) is 1. The van der Waals surface area contributed by atoms with Gasteiger partial charge in [0.1, 0.15) is 5.75 Å². The molecule has 0 aliphatic rings. The van der Waals surface area contributed by atoms with Gasteiger partial charge in [0.25, 0.3) is 10.0 Å². The Balaban J connectivity index is 2.34. The summed E-state index contributed by atoms with van der Waals surface area (Å²) in [7, 11) is -2.15. The third-order valence-corrected chi connectivity index (χ3v) is 5.30. The fraction of sp³-hybridized carbons (Fsp3) is 0.286. The van der Waals surface area contributed by atoms with E-state index < -0.39 is 22.6 Å². The van der Waals surface area contributed by atoms with Gasteiger partial charge in [-0.25, -0.2) is 13.2 Å². The van der Waals surface area contributed by atoms with E-state index in [4.69, 9.17) is 21.4 Å². The Morgan fingerprint density at radius 1 is 1.46 bits per heavy atom. The van der Waals surface area contributed by atoms with Crippen molar-refractivity contribution in [3.05, 3.63) is 35.6 Å². The van der Waals surface area contributed by atoms with Gasteiger partial charge in [0.2, 0.25) is 0 Å². The second kappa shape index (κ2) is 7.10. The van der Waals surface area contributed by atoms with Crippen molar-refractivity contribution in [2.45, 2.75) is 11.8 Å². The maximum atomic E-state index is 12.8. The lowest BCUT2D eigenvalue weighted by Crippen LogP contribution is -2.30. The standard InChI is InChI=1S/C14H16ClN3O5S/c1-3-18(10-7-16-17(2)8-10)24(21,22)11-4-5-13(12(15)6-11)23-9-14(19)20/h4-8H,3,9H2,1-2H3,(H,19,20). The first kappa shape index (κ1) is 18.1. The zero-order valence-corrected chi connectivity index (χ0v) is 14.6. The summed E-state index contributed by atoms with van der Waals surface area (Å²) in [6.45, 7) is 1.35. The molecule has 10 heteroatoms. The molecule has 1 aromatic carbocycles. The minimum absolute atomic E-state index is 0.0135. The van der Waals surface area contributed by atoms with Gasteiger partial charge in [-0.3, -0.25) is 8.99 Å². The molecule has 24 heavy (non-hydrogen) atoms. The van der Waals surface area contributed by atoms with Crippen molar-refractivity contribution >= 4 is 33.3 Å². The quantitative estimate of drug-likeness (QED) is 0.793. The Bertz CT molecular complexity index is 850. The molecule has 0 aliphatic heterocycles. The molecule has 1 N–H and O–H groups in total. The number of aryl methyl sites for hydroxylation is 1. The summed E-state index contributed by atoms with van der Waals surface area (Å²) in [6, 6.07) is 3.87. The van der Waals surface area contributed by atoms with Gasteiger partial charge in [-0.15, -0.1) is 0 Å². The third kappa shape index (κ3) is 3.80. The highest BCUT2D eigenvalue weighted by Crippen LogP contribution is 2.30. The summed E-state index contributed by atoms with van der Waals surface area (Å²) < 4.78 is 33.3. The predicted molar refractivity (Wildman–Crippen MR) is 88.0 cm³/mol. The summed E-state index contributed by atoms with van der Waals surface area (Å²) in [6.07, 6.45) is 3.04. The van der Waals surface area contributed by atoms with Crippen LogP contribution in [0.1, 0.15) is 6.92 Å². The molecule has 2 aromatic rings. The lowest BCUT2D eigenvalue weighted by molar-refractivity contribution is -0.139. The number of carboxylic acids is 1. The van der Waals surface area contributed by atoms with E-state index in [0.717, 1.165) is 0 Å². The Hall–Kier alpha value is -2.26. The number of rotatable bonds is 7. The number of aliphatic carboxylic acids is 1. The zero-order chi connectivity index (χ0) is 17.9. The molecule has 0 aliphatic carbocycles. The second-order valence-electron chi connectivity index (χ2n) is 4.82. The number of anilines is 1. The van der Waals surface area contributed by atoms with Crippen LogP contribution in [-0.2, 0) is 21.9 Å². The third-order valence-electron chi connectivity index (χ3n) is 3.11. The maximum absolute atomic E-state index is 12.8. The molecule has 0 spiro atoms. The topological polar surface area (TPSA) is 102 Å². The monoisotopic (exact) mass is 373 g/mol. The van der Waals surface area contributed by atoms with Crippen molar-refractivity contribution in [1.29, 1.82) is 0 Å². The molecule has 0 unspecified atom stereocenters. The van der Waals surface area contributed by atoms with Crippen LogP contribution >= 0.6 is 11.6 Å². The van der Waals surface area contributed by atoms with Gasteiger partial charge in [0.05, 0.1) is 21.8 Å². The van der Waals surface area contributed by atoms with Gasteiger partial charge in [0, 0.05) is 19.8 Å². The smallest absolute Gasteiger partial charge is 0.341 e. The molecular formula is C14H16ClN3O5S. The van der Waals surface area contributed by atoms with E-state index >= 15 is 0 Å². The number of carbonyl (C=O) groups is 1. The molecule has 0 saturated carbocycles. The maximum Gasteiger partial charge on any atom is 0.341 e. The van der Waals surface area contributed by atoms with E-state index in [9.17, 15) is 13.2 Å². The van der Waals surface area contributed by atoms with Gasteiger partial charge >= 0.3 is 5.97 Å². The fourth-order valence-corrected chi connectivity index (χ4v) is 3.83. The van der Waals surface area contributed by atoms with E-state index in [-0.39, 0.29) is 22.2 Å². The molecule has 0 amide bonds. The summed E-state index contributed by atoms with van der Waals surface area (Å²) in [5.74, 6) is -1.06. The number of carboxylic acid groups (broad SMARTS) is 1. The van der Waals surface area contributed by atoms with Crippen LogP contribution in [0.4, 0.5) is 5.69 Å². The Morgan fingerprint density at radius 3 is 2.67 bits per heavy atom. The predicted octanol–water partition coefficient (Wildman–Crippen LogP) is 1.75. The molecule has 0 bridgehead atoms. The Labute approximate surface area is 144 Å².